The molecule has 2 aromatic rings. The van der Waals surface area contributed by atoms with Gasteiger partial charge in [0.25, 0.3) is 0 Å². The van der Waals surface area contributed by atoms with Crippen LogP contribution < -0.4 is 10.6 Å². The molecule has 7 nitrogen and oxygen atoms in total. The smallest absolute Gasteiger partial charge is 0.237 e. The fourth-order valence-electron chi connectivity index (χ4n) is 2.91. The maximum Gasteiger partial charge on any atom is 0.237 e. The van der Waals surface area contributed by atoms with Crippen molar-refractivity contribution >= 4 is 28.2 Å². The van der Waals surface area contributed by atoms with Gasteiger partial charge in [-0.3, -0.25) is 4.79 Å². The van der Waals surface area contributed by atoms with Gasteiger partial charge in [0.05, 0.1) is 18.3 Å². The maximum absolute atomic E-state index is 12.3. The minimum Gasteiger partial charge on any atom is -0.331 e. The van der Waals surface area contributed by atoms with E-state index in [1.807, 2.05) is 30.2 Å². The molecule has 24 heavy (non-hydrogen) atoms. The summed E-state index contributed by atoms with van der Waals surface area (Å²) < 4.78 is 0. The van der Waals surface area contributed by atoms with Crippen LogP contribution in [0.3, 0.4) is 0 Å². The fourth-order valence-corrected chi connectivity index (χ4v) is 3.61. The van der Waals surface area contributed by atoms with Gasteiger partial charge in [0, 0.05) is 23.7 Å². The molecular weight excluding hydrogens is 324 g/mol. The van der Waals surface area contributed by atoms with Crippen LogP contribution in [0.2, 0.25) is 0 Å². The van der Waals surface area contributed by atoms with Crippen LogP contribution in [0.25, 0.3) is 0 Å². The Morgan fingerprint density at radius 3 is 2.88 bits per heavy atom. The number of aryl methyl sites for hydroxylation is 2. The van der Waals surface area contributed by atoms with Crippen molar-refractivity contribution in [2.24, 2.45) is 0 Å². The Morgan fingerprint density at radius 1 is 1.33 bits per heavy atom. The van der Waals surface area contributed by atoms with Crippen molar-refractivity contribution in [1.82, 2.24) is 25.2 Å². The minimum atomic E-state index is -0.0515. The lowest BCUT2D eigenvalue weighted by Gasteiger charge is -2.24. The molecule has 3 rings (SSSR count). The number of thiazole rings is 1. The Labute approximate surface area is 145 Å². The Bertz CT molecular complexity index is 731. The molecule has 0 unspecified atom stereocenters. The van der Waals surface area contributed by atoms with Crippen molar-refractivity contribution in [3.63, 3.8) is 0 Å². The molecule has 128 valence electrons. The number of carbonyl (C=O) groups excluding carboxylic acids is 1. The number of aromatic nitrogens is 3. The van der Waals surface area contributed by atoms with Gasteiger partial charge in [0.1, 0.15) is 5.82 Å². The third-order valence-electron chi connectivity index (χ3n) is 3.92. The van der Waals surface area contributed by atoms with Crippen LogP contribution in [0.1, 0.15) is 36.1 Å². The van der Waals surface area contributed by atoms with E-state index in [1.165, 1.54) is 0 Å². The van der Waals surface area contributed by atoms with Crippen molar-refractivity contribution in [2.75, 3.05) is 25.5 Å². The largest absolute Gasteiger partial charge is 0.331 e. The predicted octanol–water partition coefficient (Wildman–Crippen LogP) is 2.18. The summed E-state index contributed by atoms with van der Waals surface area (Å²) in [6.45, 7) is 5.00. The third kappa shape index (κ3) is 3.70. The van der Waals surface area contributed by atoms with Gasteiger partial charge in [-0.1, -0.05) is 0 Å². The Kier molecular flexibility index (Phi) is 5.06. The predicted molar refractivity (Wildman–Crippen MR) is 94.5 cm³/mol. The molecule has 2 aromatic heterocycles. The summed E-state index contributed by atoms with van der Waals surface area (Å²) in [5.41, 5.74) is 1.86. The molecular formula is C16H22N6OS. The van der Waals surface area contributed by atoms with E-state index >= 15 is 0 Å². The molecule has 0 saturated carbocycles. The lowest BCUT2D eigenvalue weighted by Crippen LogP contribution is -2.37. The van der Waals surface area contributed by atoms with E-state index in [0.717, 1.165) is 41.7 Å². The second-order valence-corrected chi connectivity index (χ2v) is 6.81. The summed E-state index contributed by atoms with van der Waals surface area (Å²) in [6, 6.07) is 1.85. The highest BCUT2D eigenvalue weighted by Gasteiger charge is 2.31. The van der Waals surface area contributed by atoms with Crippen LogP contribution in [0.5, 0.6) is 0 Å². The average molecular weight is 346 g/mol. The van der Waals surface area contributed by atoms with Gasteiger partial charge in [0.15, 0.2) is 11.0 Å². The van der Waals surface area contributed by atoms with Crippen LogP contribution in [-0.4, -0.2) is 45.9 Å². The zero-order chi connectivity index (χ0) is 17.1. The van der Waals surface area contributed by atoms with Gasteiger partial charge in [-0.25, -0.2) is 15.0 Å². The first-order chi connectivity index (χ1) is 11.6. The van der Waals surface area contributed by atoms with Gasteiger partial charge < -0.3 is 15.5 Å². The zero-order valence-corrected chi connectivity index (χ0v) is 15.0. The van der Waals surface area contributed by atoms with Crippen molar-refractivity contribution in [3.05, 3.63) is 28.7 Å². The fraction of sp³-hybridized carbons (Fsp3) is 0.500. The first kappa shape index (κ1) is 16.8. The average Bonchev–Trinajstić information content (AvgIpc) is 3.16. The van der Waals surface area contributed by atoms with E-state index in [1.54, 1.807) is 18.4 Å². The molecule has 3 heterocycles. The zero-order valence-electron chi connectivity index (χ0n) is 14.2. The number of rotatable bonds is 5. The van der Waals surface area contributed by atoms with Crippen molar-refractivity contribution in [2.45, 2.75) is 32.7 Å². The lowest BCUT2D eigenvalue weighted by molar-refractivity contribution is -0.131. The summed E-state index contributed by atoms with van der Waals surface area (Å²) in [5.74, 6) is 1.52. The normalized spacial score (nSPS) is 17.3. The van der Waals surface area contributed by atoms with Crippen LogP contribution in [0.15, 0.2) is 11.4 Å². The van der Waals surface area contributed by atoms with E-state index in [2.05, 4.69) is 25.6 Å². The van der Waals surface area contributed by atoms with E-state index in [4.69, 9.17) is 0 Å². The molecule has 1 fully saturated rings. The summed E-state index contributed by atoms with van der Waals surface area (Å²) in [5, 5.41) is 8.97. The van der Waals surface area contributed by atoms with Crippen LogP contribution in [0.4, 0.5) is 10.9 Å². The number of likely N-dealkylation sites (N-methyl/N-ethyl adjacent to an activating group) is 1. The summed E-state index contributed by atoms with van der Waals surface area (Å²) in [7, 11) is 1.78. The van der Waals surface area contributed by atoms with E-state index < -0.39 is 0 Å². The van der Waals surface area contributed by atoms with Gasteiger partial charge in [-0.2, -0.15) is 0 Å². The summed E-state index contributed by atoms with van der Waals surface area (Å²) in [4.78, 5) is 27.8. The molecule has 0 aliphatic carbocycles. The molecule has 0 bridgehead atoms. The van der Waals surface area contributed by atoms with Gasteiger partial charge >= 0.3 is 0 Å². The number of carbonyl (C=O) groups is 1. The third-order valence-corrected chi connectivity index (χ3v) is 4.80. The highest BCUT2D eigenvalue weighted by Crippen LogP contribution is 2.31. The summed E-state index contributed by atoms with van der Waals surface area (Å²) >= 11 is 1.54. The number of anilines is 2. The molecule has 1 amide bonds. The number of hydrogen-bond acceptors (Lipinski definition) is 7. The SMILES string of the molecule is CNCC(=O)N1CCC[C@H]1c1nc(C)cc(Nc2nc(C)cs2)n1. The van der Waals surface area contributed by atoms with Crippen molar-refractivity contribution < 1.29 is 4.79 Å². The Morgan fingerprint density at radius 2 is 2.17 bits per heavy atom. The van der Waals surface area contributed by atoms with E-state index in [9.17, 15) is 4.79 Å². The molecule has 1 aliphatic heterocycles. The topological polar surface area (TPSA) is 83.0 Å². The monoisotopic (exact) mass is 346 g/mol. The molecule has 1 saturated heterocycles. The lowest BCUT2D eigenvalue weighted by atomic mass is 10.2. The van der Waals surface area contributed by atoms with Crippen LogP contribution in [0, 0.1) is 13.8 Å². The van der Waals surface area contributed by atoms with Crippen molar-refractivity contribution in [1.29, 1.82) is 0 Å². The number of nitrogens with zero attached hydrogens (tertiary/aromatic N) is 4. The first-order valence-corrected chi connectivity index (χ1v) is 8.93. The Hall–Kier alpha value is -2.06. The van der Waals surface area contributed by atoms with Crippen LogP contribution >= 0.6 is 11.3 Å². The first-order valence-electron chi connectivity index (χ1n) is 8.05. The maximum atomic E-state index is 12.3. The molecule has 0 aromatic carbocycles. The highest BCUT2D eigenvalue weighted by molar-refractivity contribution is 7.13. The van der Waals surface area contributed by atoms with E-state index in [0.29, 0.717) is 12.4 Å². The van der Waals surface area contributed by atoms with E-state index in [-0.39, 0.29) is 11.9 Å². The molecule has 2 N–H and O–H groups in total. The van der Waals surface area contributed by atoms with Gasteiger partial charge in [-0.15, -0.1) is 11.3 Å². The number of nitrogens with one attached hydrogen (secondary N) is 2. The quantitative estimate of drug-likeness (QED) is 0.863. The molecule has 8 heteroatoms. The molecule has 1 atom stereocenters. The second-order valence-electron chi connectivity index (χ2n) is 5.95. The number of likely N-dealkylation sites (tertiary alicyclic amines) is 1. The number of hydrogen-bond donors (Lipinski definition) is 2. The van der Waals surface area contributed by atoms with Gasteiger partial charge in [0.2, 0.25) is 5.91 Å². The van der Waals surface area contributed by atoms with Crippen LogP contribution in [-0.2, 0) is 4.79 Å². The summed E-state index contributed by atoms with van der Waals surface area (Å²) in [6.07, 6.45) is 1.88. The highest BCUT2D eigenvalue weighted by atomic mass is 32.1. The Balaban J connectivity index is 1.83. The van der Waals surface area contributed by atoms with Gasteiger partial charge in [-0.05, 0) is 33.7 Å². The molecule has 1 aliphatic rings. The minimum absolute atomic E-state index is 0.0515. The second kappa shape index (κ2) is 7.23. The molecule has 0 spiro atoms. The standard InChI is InChI=1S/C16H22N6OS/c1-10-7-13(21-16-19-11(2)9-24-16)20-15(18-10)12-5-4-6-22(12)14(23)8-17-3/h7,9,12,17H,4-6,8H2,1-3H3,(H,18,19,20,21)/t12-/m0/s1. The van der Waals surface area contributed by atoms with Crippen molar-refractivity contribution in [3.8, 4) is 0 Å². The number of amides is 1. The molecule has 0 radical (unpaired) electrons.